The van der Waals surface area contributed by atoms with Crippen LogP contribution in [0, 0.1) is 20.8 Å². The first-order chi connectivity index (χ1) is 16.2. The van der Waals surface area contributed by atoms with E-state index in [1.165, 1.54) is 0 Å². The minimum absolute atomic E-state index is 0.297. The lowest BCUT2D eigenvalue weighted by Crippen LogP contribution is -2.45. The fraction of sp³-hybridized carbons (Fsp3) is 0.400. The number of carbonyl (C=O) groups is 1. The van der Waals surface area contributed by atoms with Crippen LogP contribution in [0.5, 0.6) is 5.75 Å². The topological polar surface area (TPSA) is 123 Å². The molecule has 0 saturated carbocycles. The van der Waals surface area contributed by atoms with E-state index in [-0.39, 0.29) is 0 Å². The van der Waals surface area contributed by atoms with E-state index in [0.29, 0.717) is 35.8 Å². The quantitative estimate of drug-likeness (QED) is 0.424. The normalized spacial score (nSPS) is 14.4. The molecule has 0 bridgehead atoms. The van der Waals surface area contributed by atoms with Gasteiger partial charge < -0.3 is 26.0 Å². The van der Waals surface area contributed by atoms with Crippen molar-refractivity contribution in [3.63, 3.8) is 0 Å². The van der Waals surface area contributed by atoms with Gasteiger partial charge in [0.15, 0.2) is 5.82 Å². The van der Waals surface area contributed by atoms with Gasteiger partial charge in [-0.15, -0.1) is 0 Å². The zero-order valence-electron chi connectivity index (χ0n) is 20.3. The summed E-state index contributed by atoms with van der Waals surface area (Å²) in [6, 6.07) is 5.92. The average Bonchev–Trinajstić information content (AvgIpc) is 3.19. The Balaban J connectivity index is 1.50. The molecule has 1 fully saturated rings. The second-order valence-electron chi connectivity index (χ2n) is 9.17. The number of carbonyl (C=O) groups excluding carboxylic acids is 1. The van der Waals surface area contributed by atoms with Crippen molar-refractivity contribution in [1.82, 2.24) is 20.1 Å². The van der Waals surface area contributed by atoms with Gasteiger partial charge in [0.25, 0.3) is 5.91 Å². The fourth-order valence-corrected chi connectivity index (χ4v) is 4.51. The molecule has 1 amide bonds. The molecular weight excluding hydrogens is 430 g/mol. The minimum Gasteiger partial charge on any atom is -0.507 e. The van der Waals surface area contributed by atoms with E-state index in [4.69, 9.17) is 10.7 Å². The number of rotatable bonds is 7. The Bertz CT molecular complexity index is 1170. The Hall–Kier alpha value is -3.59. The zero-order valence-corrected chi connectivity index (χ0v) is 20.3. The van der Waals surface area contributed by atoms with Crippen molar-refractivity contribution in [1.29, 1.82) is 0 Å². The number of phenols is 1. The van der Waals surface area contributed by atoms with Gasteiger partial charge in [0, 0.05) is 45.3 Å². The van der Waals surface area contributed by atoms with Gasteiger partial charge in [0.2, 0.25) is 0 Å². The van der Waals surface area contributed by atoms with E-state index in [0.717, 1.165) is 59.8 Å². The number of anilines is 2. The highest BCUT2D eigenvalue weighted by molar-refractivity contribution is 5.99. The first-order valence-electron chi connectivity index (χ1n) is 11.5. The molecule has 1 saturated heterocycles. The molecule has 0 radical (unpaired) electrons. The number of primary amides is 1. The molecule has 3 heterocycles. The van der Waals surface area contributed by atoms with Crippen molar-refractivity contribution in [2.24, 2.45) is 5.73 Å². The number of amides is 1. The van der Waals surface area contributed by atoms with Crippen molar-refractivity contribution in [3.8, 4) is 5.75 Å². The number of aromatic hydroxyl groups is 1. The first kappa shape index (κ1) is 23.6. The van der Waals surface area contributed by atoms with Crippen LogP contribution in [0.15, 0.2) is 24.4 Å². The molecule has 4 rings (SSSR count). The third-order valence-corrected chi connectivity index (χ3v) is 6.39. The van der Waals surface area contributed by atoms with Crippen molar-refractivity contribution in [3.05, 3.63) is 63.5 Å². The number of likely N-dealkylation sites (N-methyl/N-ethyl adjacent to an activating group) is 1. The van der Waals surface area contributed by atoms with Gasteiger partial charge in [-0.1, -0.05) is 18.2 Å². The second-order valence-corrected chi connectivity index (χ2v) is 9.17. The molecule has 0 unspecified atom stereocenters. The van der Waals surface area contributed by atoms with Gasteiger partial charge in [-0.2, -0.15) is 5.10 Å². The lowest BCUT2D eigenvalue weighted by atomic mass is 10.0. The van der Waals surface area contributed by atoms with Crippen LogP contribution in [0.2, 0.25) is 0 Å². The highest BCUT2D eigenvalue weighted by Crippen LogP contribution is 2.25. The Kier molecular flexibility index (Phi) is 6.74. The van der Waals surface area contributed by atoms with Crippen molar-refractivity contribution in [2.45, 2.75) is 33.7 Å². The number of pyridine rings is 1. The van der Waals surface area contributed by atoms with Gasteiger partial charge in [-0.05, 0) is 55.6 Å². The van der Waals surface area contributed by atoms with Crippen LogP contribution in [-0.4, -0.2) is 64.3 Å². The van der Waals surface area contributed by atoms with Gasteiger partial charge in [-0.3, -0.25) is 9.89 Å². The van der Waals surface area contributed by atoms with Gasteiger partial charge in [0.1, 0.15) is 17.1 Å². The maximum atomic E-state index is 12.3. The van der Waals surface area contributed by atoms with E-state index in [9.17, 15) is 9.90 Å². The molecule has 0 atom stereocenters. The SMILES string of the molecule is Cc1cc(Cc2[nH]nc(NCc3cc(C)c(O)c(C)c3)c2C(N)=O)cnc1N1CCN(C)CC1. The Morgan fingerprint density at radius 1 is 1.09 bits per heavy atom. The number of aromatic amines is 1. The average molecular weight is 464 g/mol. The van der Waals surface area contributed by atoms with Gasteiger partial charge >= 0.3 is 0 Å². The number of piperazine rings is 1. The molecular formula is C25H33N7O2. The van der Waals surface area contributed by atoms with E-state index in [1.54, 1.807) is 0 Å². The molecule has 1 aliphatic rings. The monoisotopic (exact) mass is 463 g/mol. The predicted molar refractivity (Wildman–Crippen MR) is 134 cm³/mol. The van der Waals surface area contributed by atoms with E-state index >= 15 is 0 Å². The summed E-state index contributed by atoms with van der Waals surface area (Å²) in [6.07, 6.45) is 2.34. The molecule has 9 nitrogen and oxygen atoms in total. The van der Waals surface area contributed by atoms with Crippen molar-refractivity contribution < 1.29 is 9.90 Å². The zero-order chi connectivity index (χ0) is 24.4. The third kappa shape index (κ3) is 4.99. The van der Waals surface area contributed by atoms with Crippen LogP contribution in [-0.2, 0) is 13.0 Å². The molecule has 34 heavy (non-hydrogen) atoms. The number of aryl methyl sites for hydroxylation is 3. The lowest BCUT2D eigenvalue weighted by Gasteiger charge is -2.34. The van der Waals surface area contributed by atoms with Crippen LogP contribution in [0.25, 0.3) is 0 Å². The summed E-state index contributed by atoms with van der Waals surface area (Å²) < 4.78 is 0. The number of aromatic nitrogens is 3. The predicted octanol–water partition coefficient (Wildman–Crippen LogP) is 2.49. The summed E-state index contributed by atoms with van der Waals surface area (Å²) >= 11 is 0. The Labute approximate surface area is 200 Å². The molecule has 0 aliphatic carbocycles. The summed E-state index contributed by atoms with van der Waals surface area (Å²) in [5, 5.41) is 20.5. The van der Waals surface area contributed by atoms with Crippen LogP contribution in [0.4, 0.5) is 11.6 Å². The van der Waals surface area contributed by atoms with Crippen LogP contribution >= 0.6 is 0 Å². The highest BCUT2D eigenvalue weighted by atomic mass is 16.3. The summed E-state index contributed by atoms with van der Waals surface area (Å²) in [5.41, 5.74) is 11.4. The molecule has 5 N–H and O–H groups in total. The molecule has 0 spiro atoms. The van der Waals surface area contributed by atoms with Gasteiger partial charge in [-0.25, -0.2) is 4.98 Å². The molecule has 2 aromatic heterocycles. The van der Waals surface area contributed by atoms with Crippen molar-refractivity contribution in [2.75, 3.05) is 43.4 Å². The number of H-pyrrole nitrogens is 1. The number of benzene rings is 1. The van der Waals surface area contributed by atoms with E-state index < -0.39 is 5.91 Å². The van der Waals surface area contributed by atoms with Crippen LogP contribution in [0.3, 0.4) is 0 Å². The Morgan fingerprint density at radius 2 is 1.74 bits per heavy atom. The molecule has 1 aromatic carbocycles. The molecule has 3 aromatic rings. The maximum Gasteiger partial charge on any atom is 0.254 e. The number of hydrogen-bond donors (Lipinski definition) is 4. The second kappa shape index (κ2) is 9.72. The Morgan fingerprint density at radius 3 is 2.35 bits per heavy atom. The van der Waals surface area contributed by atoms with Crippen LogP contribution in [0.1, 0.15) is 43.9 Å². The maximum absolute atomic E-state index is 12.3. The smallest absolute Gasteiger partial charge is 0.254 e. The molecule has 180 valence electrons. The number of phenolic OH excluding ortho intramolecular Hbond substituents is 1. The standard InChI is InChI=1S/C25H33N7O2/c1-15-9-18(10-16(2)22(15)33)13-27-24-21(23(26)34)20(29-30-24)12-19-11-17(3)25(28-14-19)32-7-5-31(4)6-8-32/h9-11,14,33H,5-8,12-13H2,1-4H3,(H2,26,34)(H2,27,29,30). The van der Waals surface area contributed by atoms with E-state index in [1.807, 2.05) is 32.2 Å². The number of hydrogen-bond acceptors (Lipinski definition) is 7. The van der Waals surface area contributed by atoms with Gasteiger partial charge in [0.05, 0.1) is 5.69 Å². The molecule has 9 heteroatoms. The third-order valence-electron chi connectivity index (χ3n) is 6.39. The first-order valence-corrected chi connectivity index (χ1v) is 11.5. The number of nitrogens with one attached hydrogen (secondary N) is 2. The molecule has 1 aliphatic heterocycles. The number of nitrogens with two attached hydrogens (primary N) is 1. The lowest BCUT2D eigenvalue weighted by molar-refractivity contribution is 0.100. The summed E-state index contributed by atoms with van der Waals surface area (Å²) in [6.45, 7) is 10.2. The summed E-state index contributed by atoms with van der Waals surface area (Å²) in [4.78, 5) is 21.6. The fourth-order valence-electron chi connectivity index (χ4n) is 4.51. The van der Waals surface area contributed by atoms with Crippen LogP contribution < -0.4 is 16.0 Å². The summed E-state index contributed by atoms with van der Waals surface area (Å²) in [7, 11) is 2.14. The highest BCUT2D eigenvalue weighted by Gasteiger charge is 2.20. The van der Waals surface area contributed by atoms with Crippen molar-refractivity contribution >= 4 is 17.5 Å². The largest absolute Gasteiger partial charge is 0.507 e. The minimum atomic E-state index is -0.539. The number of nitrogens with zero attached hydrogens (tertiary/aromatic N) is 4. The van der Waals surface area contributed by atoms with E-state index in [2.05, 4.69) is 45.4 Å². The summed E-state index contributed by atoms with van der Waals surface area (Å²) in [5.74, 6) is 1.19.